The molecule has 46 heavy (non-hydrogen) atoms. The summed E-state index contributed by atoms with van der Waals surface area (Å²) >= 11 is 0. The molecule has 0 amide bonds. The summed E-state index contributed by atoms with van der Waals surface area (Å²) in [6.07, 6.45) is 5.54. The molecule has 0 unspecified atom stereocenters. The molecule has 0 aliphatic heterocycles. The number of hydrogen-bond donors (Lipinski definition) is 0. The molecule has 0 fully saturated rings. The maximum absolute atomic E-state index is 5.59. The second-order valence-electron chi connectivity index (χ2n) is 11.5. The van der Waals surface area contributed by atoms with Gasteiger partial charge in [0, 0.05) is 17.1 Å². The number of imidazole rings is 2. The molecule has 6 heteroatoms. The van der Waals surface area contributed by atoms with Gasteiger partial charge in [-0.15, -0.1) is 0 Å². The molecule has 0 N–H and O–H groups in total. The number of fused-ring (bicyclic) bond motifs is 3. The van der Waals surface area contributed by atoms with E-state index in [0.717, 1.165) is 44.4 Å². The number of nitrogens with zero attached hydrogens (tertiary/aromatic N) is 5. The Labute approximate surface area is 264 Å². The molecule has 3 heterocycles. The predicted molar refractivity (Wildman–Crippen MR) is 182 cm³/mol. The van der Waals surface area contributed by atoms with Gasteiger partial charge in [0.05, 0.1) is 39.4 Å². The normalized spacial score (nSPS) is 11.9. The fourth-order valence-electron chi connectivity index (χ4n) is 6.94. The fourth-order valence-corrected chi connectivity index (χ4v) is 6.94. The molecule has 0 spiro atoms. The van der Waals surface area contributed by atoms with E-state index in [1.54, 1.807) is 6.20 Å². The van der Waals surface area contributed by atoms with Crippen LogP contribution in [0, 0.1) is 0 Å². The van der Waals surface area contributed by atoms with E-state index in [4.69, 9.17) is 14.5 Å². The summed E-state index contributed by atoms with van der Waals surface area (Å²) in [7, 11) is 0. The van der Waals surface area contributed by atoms with E-state index in [2.05, 4.69) is 130 Å². The van der Waals surface area contributed by atoms with Crippen LogP contribution in [0.2, 0.25) is 0 Å². The number of benzene rings is 6. The summed E-state index contributed by atoms with van der Waals surface area (Å²) in [5.74, 6) is 0. The third-order valence-corrected chi connectivity index (χ3v) is 8.99. The molecular formula is C40H27N5O. The quantitative estimate of drug-likeness (QED) is 0.181. The molecule has 6 aromatic carbocycles. The van der Waals surface area contributed by atoms with E-state index in [9.17, 15) is 0 Å². The van der Waals surface area contributed by atoms with Crippen LogP contribution in [0.1, 0.15) is 22.3 Å². The maximum atomic E-state index is 5.59. The van der Waals surface area contributed by atoms with Gasteiger partial charge in [-0.1, -0.05) is 114 Å². The van der Waals surface area contributed by atoms with Gasteiger partial charge in [-0.05, 0) is 52.6 Å². The third kappa shape index (κ3) is 3.94. The maximum Gasteiger partial charge on any atom is 0.169 e. The zero-order valence-corrected chi connectivity index (χ0v) is 24.7. The van der Waals surface area contributed by atoms with Gasteiger partial charge in [0.2, 0.25) is 0 Å². The summed E-state index contributed by atoms with van der Waals surface area (Å²) in [6.45, 7) is 0. The molecule has 0 aliphatic carbocycles. The smallest absolute Gasteiger partial charge is 0.169 e. The first-order chi connectivity index (χ1) is 22.8. The lowest BCUT2D eigenvalue weighted by molar-refractivity contribution is 0.456. The predicted octanol–water partition coefficient (Wildman–Crippen LogP) is 8.89. The summed E-state index contributed by atoms with van der Waals surface area (Å²) in [4.78, 5) is 9.89. The Balaban J connectivity index is 1.43. The summed E-state index contributed by atoms with van der Waals surface area (Å²) in [5.41, 5.74) is 10.3. The number of para-hydroxylation sites is 1. The minimum Gasteiger partial charge on any atom is -0.356 e. The highest BCUT2D eigenvalue weighted by Crippen LogP contribution is 2.47. The summed E-state index contributed by atoms with van der Waals surface area (Å²) in [6, 6.07) is 51.2. The lowest BCUT2D eigenvalue weighted by atomic mass is 9.65. The van der Waals surface area contributed by atoms with Crippen molar-refractivity contribution in [1.82, 2.24) is 24.3 Å². The van der Waals surface area contributed by atoms with Crippen LogP contribution in [0.5, 0.6) is 0 Å². The van der Waals surface area contributed by atoms with Crippen molar-refractivity contribution in [2.45, 2.75) is 5.41 Å². The van der Waals surface area contributed by atoms with Crippen LogP contribution < -0.4 is 0 Å². The van der Waals surface area contributed by atoms with Crippen LogP contribution in [0.4, 0.5) is 0 Å². The van der Waals surface area contributed by atoms with Crippen molar-refractivity contribution in [3.05, 3.63) is 187 Å². The molecule has 9 rings (SSSR count). The monoisotopic (exact) mass is 593 g/mol. The van der Waals surface area contributed by atoms with Crippen molar-refractivity contribution >= 4 is 33.0 Å². The van der Waals surface area contributed by atoms with Gasteiger partial charge in [0.25, 0.3) is 0 Å². The van der Waals surface area contributed by atoms with Gasteiger partial charge in [-0.2, -0.15) is 0 Å². The average Bonchev–Trinajstić information content (AvgIpc) is 3.88. The molecule has 0 bridgehead atoms. The van der Waals surface area contributed by atoms with Crippen molar-refractivity contribution in [2.75, 3.05) is 0 Å². The Bertz CT molecular complexity index is 2370. The van der Waals surface area contributed by atoms with Gasteiger partial charge < -0.3 is 4.52 Å². The Kier molecular flexibility index (Phi) is 5.93. The second-order valence-corrected chi connectivity index (χ2v) is 11.5. The van der Waals surface area contributed by atoms with Gasteiger partial charge in [-0.3, -0.25) is 9.13 Å². The van der Waals surface area contributed by atoms with Crippen LogP contribution in [-0.2, 0) is 5.41 Å². The molecule has 0 aliphatic rings. The summed E-state index contributed by atoms with van der Waals surface area (Å²) in [5, 5.41) is 4.94. The topological polar surface area (TPSA) is 61.7 Å². The SMILES string of the molecule is c1ccc(-n2cnc3cc(C(c4ccccc4)(c4ccccc4)c4ccccc4)cc(-n4cnc5cc6cnoc6cc54)c32)cc1. The molecule has 218 valence electrons. The minimum absolute atomic E-state index is 0.641. The highest BCUT2D eigenvalue weighted by molar-refractivity contribution is 5.95. The number of hydrogen-bond acceptors (Lipinski definition) is 4. The van der Waals surface area contributed by atoms with Crippen LogP contribution in [0.15, 0.2) is 169 Å². The van der Waals surface area contributed by atoms with Gasteiger partial charge in [0.1, 0.15) is 12.7 Å². The molecule has 9 aromatic rings. The molecule has 3 aromatic heterocycles. The van der Waals surface area contributed by atoms with Crippen LogP contribution >= 0.6 is 0 Å². The Morgan fingerprint density at radius 1 is 0.522 bits per heavy atom. The number of rotatable bonds is 6. The molecule has 0 saturated carbocycles. The van der Waals surface area contributed by atoms with Crippen LogP contribution in [0.25, 0.3) is 44.4 Å². The molecule has 0 radical (unpaired) electrons. The first kappa shape index (κ1) is 26.2. The van der Waals surface area contributed by atoms with Crippen molar-refractivity contribution in [2.24, 2.45) is 0 Å². The molecule has 0 atom stereocenters. The zero-order valence-electron chi connectivity index (χ0n) is 24.7. The lowest BCUT2D eigenvalue weighted by Gasteiger charge is -2.37. The van der Waals surface area contributed by atoms with Crippen molar-refractivity contribution in [1.29, 1.82) is 0 Å². The largest absolute Gasteiger partial charge is 0.356 e. The van der Waals surface area contributed by atoms with E-state index in [1.807, 2.05) is 43.0 Å². The van der Waals surface area contributed by atoms with E-state index >= 15 is 0 Å². The minimum atomic E-state index is -0.641. The van der Waals surface area contributed by atoms with E-state index in [-0.39, 0.29) is 0 Å². The second kappa shape index (κ2) is 10.4. The Morgan fingerprint density at radius 3 is 1.72 bits per heavy atom. The van der Waals surface area contributed by atoms with Gasteiger partial charge in [0.15, 0.2) is 5.58 Å². The van der Waals surface area contributed by atoms with Crippen molar-refractivity contribution < 1.29 is 4.52 Å². The Hall–Kier alpha value is -6.27. The molecule has 6 nitrogen and oxygen atoms in total. The van der Waals surface area contributed by atoms with Crippen molar-refractivity contribution in [3.8, 4) is 11.4 Å². The standard InChI is InChI=1S/C40H27N5O/c1-5-13-29(14-6-1)40(30-15-7-2-8-16-30,31-17-9-3-10-18-31)32-22-35-39(44(26-42-35)33-19-11-4-12-20-33)37(23-32)45-27-41-34-21-28-25-43-46-38(28)24-36(34)45/h1-27H. The van der Waals surface area contributed by atoms with Crippen LogP contribution in [0.3, 0.4) is 0 Å². The fraction of sp³-hybridized carbons (Fsp3) is 0.0250. The highest BCUT2D eigenvalue weighted by atomic mass is 16.5. The highest BCUT2D eigenvalue weighted by Gasteiger charge is 2.39. The number of aromatic nitrogens is 5. The first-order valence-corrected chi connectivity index (χ1v) is 15.3. The van der Waals surface area contributed by atoms with Gasteiger partial charge in [-0.25, -0.2) is 9.97 Å². The lowest BCUT2D eigenvalue weighted by Crippen LogP contribution is -2.31. The summed E-state index contributed by atoms with van der Waals surface area (Å²) < 4.78 is 9.90. The van der Waals surface area contributed by atoms with Gasteiger partial charge >= 0.3 is 0 Å². The van der Waals surface area contributed by atoms with E-state index < -0.39 is 5.41 Å². The van der Waals surface area contributed by atoms with Crippen LogP contribution in [-0.4, -0.2) is 24.3 Å². The third-order valence-electron chi connectivity index (χ3n) is 8.99. The molecule has 0 saturated heterocycles. The molecular weight excluding hydrogens is 566 g/mol. The zero-order chi connectivity index (χ0) is 30.5. The van der Waals surface area contributed by atoms with E-state index in [0.29, 0.717) is 5.58 Å². The average molecular weight is 594 g/mol. The first-order valence-electron chi connectivity index (χ1n) is 15.3. The van der Waals surface area contributed by atoms with Crippen molar-refractivity contribution in [3.63, 3.8) is 0 Å². The Morgan fingerprint density at radius 2 is 1.09 bits per heavy atom. The van der Waals surface area contributed by atoms with E-state index in [1.165, 1.54) is 16.7 Å².